The maximum atomic E-state index is 5.82. The Kier molecular flexibility index (Phi) is 3.52. The van der Waals surface area contributed by atoms with Crippen LogP contribution in [0.3, 0.4) is 0 Å². The number of amidine groups is 1. The van der Waals surface area contributed by atoms with Crippen LogP contribution in [-0.2, 0) is 11.3 Å². The number of aromatic nitrogens is 1. The minimum Gasteiger partial charge on any atom is -0.352 e. The van der Waals surface area contributed by atoms with Crippen molar-refractivity contribution in [2.75, 3.05) is 5.32 Å². The number of ether oxygens (including phenoxy) is 1. The maximum absolute atomic E-state index is 5.82. The third kappa shape index (κ3) is 2.69. The average Bonchev–Trinajstić information content (AvgIpc) is 2.94. The van der Waals surface area contributed by atoms with Crippen molar-refractivity contribution in [3.8, 4) is 0 Å². The summed E-state index contributed by atoms with van der Waals surface area (Å²) in [4.78, 5) is 8.78. The van der Waals surface area contributed by atoms with Crippen LogP contribution in [0, 0.1) is 0 Å². The molecular weight excluding hydrogens is 286 g/mol. The highest BCUT2D eigenvalue weighted by Gasteiger charge is 2.19. The van der Waals surface area contributed by atoms with Crippen LogP contribution in [0.2, 0.25) is 0 Å². The van der Waals surface area contributed by atoms with Crippen molar-refractivity contribution in [1.82, 2.24) is 4.98 Å². The fraction of sp³-hybridized carbons (Fsp3) is 0.158. The summed E-state index contributed by atoms with van der Waals surface area (Å²) in [5.41, 5.74) is 3.29. The molecule has 114 valence electrons. The summed E-state index contributed by atoms with van der Waals surface area (Å²) < 4.78 is 5.82. The molecule has 1 aliphatic heterocycles. The molecule has 4 nitrogen and oxygen atoms in total. The van der Waals surface area contributed by atoms with Gasteiger partial charge in [0, 0.05) is 29.0 Å². The Morgan fingerprint density at radius 3 is 2.83 bits per heavy atom. The second-order valence-corrected chi connectivity index (χ2v) is 5.58. The van der Waals surface area contributed by atoms with Crippen molar-refractivity contribution in [3.63, 3.8) is 0 Å². The highest BCUT2D eigenvalue weighted by molar-refractivity contribution is 6.25. The number of hydrogen-bond donors (Lipinski definition) is 1. The van der Waals surface area contributed by atoms with Gasteiger partial charge >= 0.3 is 0 Å². The summed E-state index contributed by atoms with van der Waals surface area (Å²) >= 11 is 0. The van der Waals surface area contributed by atoms with Crippen molar-refractivity contribution in [3.05, 3.63) is 72.1 Å². The predicted octanol–water partition coefficient (Wildman–Crippen LogP) is 3.97. The van der Waals surface area contributed by atoms with Crippen LogP contribution in [-0.4, -0.2) is 17.0 Å². The van der Waals surface area contributed by atoms with Crippen LogP contribution >= 0.6 is 0 Å². The lowest BCUT2D eigenvalue weighted by molar-refractivity contribution is 0.0593. The SMILES string of the molecule is CC(/N=C1/Nc2cccc3cccc1c23)OCc1cccnc1. The van der Waals surface area contributed by atoms with Crippen molar-refractivity contribution in [1.29, 1.82) is 0 Å². The molecule has 1 atom stereocenters. The fourth-order valence-electron chi connectivity index (χ4n) is 2.86. The van der Waals surface area contributed by atoms with E-state index in [4.69, 9.17) is 9.73 Å². The summed E-state index contributed by atoms with van der Waals surface area (Å²) in [7, 11) is 0. The number of nitrogens with zero attached hydrogens (tertiary/aromatic N) is 2. The molecule has 1 unspecified atom stereocenters. The molecule has 0 aliphatic carbocycles. The summed E-state index contributed by atoms with van der Waals surface area (Å²) in [5, 5.41) is 5.85. The van der Waals surface area contributed by atoms with Crippen molar-refractivity contribution in [2.24, 2.45) is 4.99 Å². The maximum Gasteiger partial charge on any atom is 0.148 e. The molecule has 0 radical (unpaired) electrons. The molecule has 4 rings (SSSR count). The molecule has 0 bridgehead atoms. The van der Waals surface area contributed by atoms with Crippen molar-refractivity contribution < 1.29 is 4.74 Å². The molecule has 4 heteroatoms. The van der Waals surface area contributed by atoms with Gasteiger partial charge in [0.2, 0.25) is 0 Å². The van der Waals surface area contributed by atoms with E-state index in [1.165, 1.54) is 10.8 Å². The Balaban J connectivity index is 1.55. The van der Waals surface area contributed by atoms with Gasteiger partial charge in [-0.2, -0.15) is 0 Å². The average molecular weight is 303 g/mol. The van der Waals surface area contributed by atoms with Gasteiger partial charge in [-0.15, -0.1) is 0 Å². The second kappa shape index (κ2) is 5.82. The first-order valence-electron chi connectivity index (χ1n) is 7.69. The number of benzene rings is 2. The number of rotatable bonds is 4. The van der Waals surface area contributed by atoms with Crippen LogP contribution in [0.4, 0.5) is 5.69 Å². The lowest BCUT2D eigenvalue weighted by Gasteiger charge is -2.10. The minimum absolute atomic E-state index is 0.234. The molecule has 2 heterocycles. The molecule has 1 N–H and O–H groups in total. The molecule has 0 saturated carbocycles. The molecule has 23 heavy (non-hydrogen) atoms. The number of pyridine rings is 1. The van der Waals surface area contributed by atoms with E-state index in [1.54, 1.807) is 6.20 Å². The smallest absolute Gasteiger partial charge is 0.148 e. The largest absolute Gasteiger partial charge is 0.352 e. The Morgan fingerprint density at radius 1 is 1.13 bits per heavy atom. The van der Waals surface area contributed by atoms with Crippen molar-refractivity contribution in [2.45, 2.75) is 19.8 Å². The van der Waals surface area contributed by atoms with E-state index in [0.29, 0.717) is 6.61 Å². The van der Waals surface area contributed by atoms with Gasteiger partial charge in [-0.25, -0.2) is 4.99 Å². The highest BCUT2D eigenvalue weighted by Crippen LogP contribution is 2.33. The van der Waals surface area contributed by atoms with Gasteiger partial charge in [0.15, 0.2) is 0 Å². The van der Waals surface area contributed by atoms with Gasteiger partial charge in [0.05, 0.1) is 6.61 Å². The van der Waals surface area contributed by atoms with Gasteiger partial charge < -0.3 is 10.1 Å². The van der Waals surface area contributed by atoms with E-state index in [2.05, 4.69) is 46.7 Å². The summed E-state index contributed by atoms with van der Waals surface area (Å²) in [6.45, 7) is 2.46. The highest BCUT2D eigenvalue weighted by atomic mass is 16.5. The normalized spacial score (nSPS) is 15.8. The van der Waals surface area contributed by atoms with Crippen LogP contribution in [0.5, 0.6) is 0 Å². The molecule has 2 aromatic carbocycles. The Morgan fingerprint density at radius 2 is 2.00 bits per heavy atom. The lowest BCUT2D eigenvalue weighted by atomic mass is 10.1. The van der Waals surface area contributed by atoms with Gasteiger partial charge in [0.25, 0.3) is 0 Å². The van der Waals surface area contributed by atoms with Gasteiger partial charge in [-0.3, -0.25) is 4.98 Å². The summed E-state index contributed by atoms with van der Waals surface area (Å²) in [6.07, 6.45) is 3.33. The topological polar surface area (TPSA) is 46.5 Å². The van der Waals surface area contributed by atoms with E-state index in [-0.39, 0.29) is 6.23 Å². The number of aliphatic imine (C=N–C) groups is 1. The van der Waals surface area contributed by atoms with E-state index < -0.39 is 0 Å². The summed E-state index contributed by atoms with van der Waals surface area (Å²) in [6, 6.07) is 16.4. The van der Waals surface area contributed by atoms with Crippen LogP contribution in [0.1, 0.15) is 18.1 Å². The summed E-state index contributed by atoms with van der Waals surface area (Å²) in [5.74, 6) is 0.871. The van der Waals surface area contributed by atoms with E-state index in [1.807, 2.05) is 25.3 Å². The molecule has 1 aromatic heterocycles. The first-order chi connectivity index (χ1) is 11.3. The number of anilines is 1. The zero-order valence-electron chi connectivity index (χ0n) is 12.9. The predicted molar refractivity (Wildman–Crippen MR) is 92.6 cm³/mol. The molecule has 0 spiro atoms. The first-order valence-corrected chi connectivity index (χ1v) is 7.69. The molecule has 0 saturated heterocycles. The molecule has 0 amide bonds. The number of hydrogen-bond acceptors (Lipinski definition) is 3. The van der Waals surface area contributed by atoms with E-state index in [9.17, 15) is 0 Å². The van der Waals surface area contributed by atoms with E-state index >= 15 is 0 Å². The van der Waals surface area contributed by atoms with Crippen LogP contribution in [0.15, 0.2) is 65.9 Å². The Bertz CT molecular complexity index is 869. The van der Waals surface area contributed by atoms with E-state index in [0.717, 1.165) is 22.6 Å². The monoisotopic (exact) mass is 303 g/mol. The molecule has 0 fully saturated rings. The van der Waals surface area contributed by atoms with Gasteiger partial charge in [-0.1, -0.05) is 36.4 Å². The van der Waals surface area contributed by atoms with Crippen molar-refractivity contribution >= 4 is 22.3 Å². The fourth-order valence-corrected chi connectivity index (χ4v) is 2.86. The van der Waals surface area contributed by atoms with Gasteiger partial charge in [0.1, 0.15) is 12.1 Å². The second-order valence-electron chi connectivity index (χ2n) is 5.58. The third-order valence-corrected chi connectivity index (χ3v) is 3.94. The molecular formula is C19H17N3O. The number of nitrogens with one attached hydrogen (secondary N) is 1. The third-order valence-electron chi connectivity index (χ3n) is 3.94. The minimum atomic E-state index is -0.234. The first kappa shape index (κ1) is 13.9. The zero-order chi connectivity index (χ0) is 15.6. The van der Waals surface area contributed by atoms with Gasteiger partial charge in [-0.05, 0) is 30.0 Å². The Hall–Kier alpha value is -2.72. The standard InChI is InChI=1S/C19H17N3O/c1-13(23-12-14-5-4-10-20-11-14)21-19-16-8-2-6-15-7-3-9-17(22-19)18(15)16/h2-11,13H,12H2,1H3,(H,21,22). The lowest BCUT2D eigenvalue weighted by Crippen LogP contribution is -2.14. The van der Waals surface area contributed by atoms with Crippen LogP contribution in [0.25, 0.3) is 10.8 Å². The molecule has 3 aromatic rings. The quantitative estimate of drug-likeness (QED) is 0.793. The Labute approximate surface area is 134 Å². The molecule has 1 aliphatic rings. The van der Waals surface area contributed by atoms with Crippen LogP contribution < -0.4 is 5.32 Å². The zero-order valence-corrected chi connectivity index (χ0v) is 12.9.